The van der Waals surface area contributed by atoms with Gasteiger partial charge in [0.05, 0.1) is 18.8 Å². The van der Waals surface area contributed by atoms with Crippen LogP contribution in [0, 0.1) is 4.64 Å². The van der Waals surface area contributed by atoms with Crippen molar-refractivity contribution in [1.29, 1.82) is 0 Å². The first-order valence-electron chi connectivity index (χ1n) is 9.84. The van der Waals surface area contributed by atoms with E-state index in [4.69, 9.17) is 26.4 Å². The Morgan fingerprint density at radius 3 is 2.79 bits per heavy atom. The van der Waals surface area contributed by atoms with E-state index < -0.39 is 0 Å². The summed E-state index contributed by atoms with van der Waals surface area (Å²) in [5.41, 5.74) is 3.64. The third kappa shape index (κ3) is 3.91. The molecular formula is C22H26N2O2S2. The van der Waals surface area contributed by atoms with Gasteiger partial charge in [0, 0.05) is 17.7 Å². The van der Waals surface area contributed by atoms with Crippen LogP contribution >= 0.6 is 24.0 Å². The summed E-state index contributed by atoms with van der Waals surface area (Å²) >= 11 is 7.66. The second-order valence-corrected chi connectivity index (χ2v) is 9.33. The van der Waals surface area contributed by atoms with E-state index in [9.17, 15) is 0 Å². The van der Waals surface area contributed by atoms with Gasteiger partial charge >= 0.3 is 0 Å². The molecular weight excluding hydrogens is 388 g/mol. The fourth-order valence-corrected chi connectivity index (χ4v) is 4.88. The Bertz CT molecular complexity index is 1040. The molecule has 1 aromatic carbocycles. The van der Waals surface area contributed by atoms with E-state index in [1.807, 2.05) is 6.07 Å². The summed E-state index contributed by atoms with van der Waals surface area (Å²) in [6.45, 7) is 7.61. The lowest BCUT2D eigenvalue weighted by atomic mass is 9.98. The molecule has 0 saturated heterocycles. The van der Waals surface area contributed by atoms with Crippen molar-refractivity contribution in [2.24, 2.45) is 0 Å². The lowest BCUT2D eigenvalue weighted by Crippen LogP contribution is -2.31. The van der Waals surface area contributed by atoms with Gasteiger partial charge in [-0.15, -0.1) is 0 Å². The fourth-order valence-electron chi connectivity index (χ4n) is 3.45. The highest BCUT2D eigenvalue weighted by Gasteiger charge is 2.32. The van der Waals surface area contributed by atoms with Crippen LogP contribution in [-0.2, 0) is 24.3 Å². The van der Waals surface area contributed by atoms with Gasteiger partial charge in [0.1, 0.15) is 11.3 Å². The number of nitrogens with zero attached hydrogens (tertiary/aromatic N) is 2. The Morgan fingerprint density at radius 2 is 2.04 bits per heavy atom. The Kier molecular flexibility index (Phi) is 5.63. The molecule has 0 amide bonds. The molecule has 0 saturated carbocycles. The zero-order chi connectivity index (χ0) is 19.7. The van der Waals surface area contributed by atoms with Crippen LogP contribution in [0.15, 0.2) is 39.9 Å². The first-order valence-corrected chi connectivity index (χ1v) is 11.2. The standard InChI is InChI=1S/C22H26N2O2S2/c1-4-5-11-28-21-23-18-16-14-25-22(2,3)12-17(16)26-19(18)20(27)24(21)13-15-9-7-6-8-10-15/h6-10H,4-5,11-14H2,1-3H3. The van der Waals surface area contributed by atoms with Crippen LogP contribution in [0.3, 0.4) is 0 Å². The molecule has 1 aliphatic heterocycles. The van der Waals surface area contributed by atoms with Gasteiger partial charge in [-0.3, -0.25) is 0 Å². The summed E-state index contributed by atoms with van der Waals surface area (Å²) in [6, 6.07) is 10.4. The molecule has 0 atom stereocenters. The fraction of sp³-hybridized carbons (Fsp3) is 0.455. The highest BCUT2D eigenvalue weighted by Crippen LogP contribution is 2.36. The van der Waals surface area contributed by atoms with Gasteiger partial charge in [0.15, 0.2) is 15.4 Å². The van der Waals surface area contributed by atoms with Crippen LogP contribution in [0.4, 0.5) is 0 Å². The third-order valence-corrected chi connectivity index (χ3v) is 6.52. The molecule has 3 heterocycles. The van der Waals surface area contributed by atoms with E-state index in [2.05, 4.69) is 49.6 Å². The molecule has 2 aromatic heterocycles. The Hall–Kier alpha value is -1.63. The summed E-state index contributed by atoms with van der Waals surface area (Å²) in [6.07, 6.45) is 3.06. The third-order valence-electron chi connectivity index (χ3n) is 5.05. The maximum absolute atomic E-state index is 6.24. The van der Waals surface area contributed by atoms with Crippen molar-refractivity contribution in [3.05, 3.63) is 51.9 Å². The molecule has 0 bridgehead atoms. The normalized spacial score (nSPS) is 15.7. The Balaban J connectivity index is 1.82. The monoisotopic (exact) mass is 414 g/mol. The van der Waals surface area contributed by atoms with Gasteiger partial charge in [0.25, 0.3) is 0 Å². The molecule has 0 unspecified atom stereocenters. The van der Waals surface area contributed by atoms with Crippen molar-refractivity contribution in [3.8, 4) is 0 Å². The number of thioether (sulfide) groups is 1. The number of hydrogen-bond acceptors (Lipinski definition) is 5. The van der Waals surface area contributed by atoms with Crippen LogP contribution in [0.25, 0.3) is 11.1 Å². The molecule has 28 heavy (non-hydrogen) atoms. The average Bonchev–Trinajstić information content (AvgIpc) is 3.02. The molecule has 0 N–H and O–H groups in total. The minimum absolute atomic E-state index is 0.221. The maximum atomic E-state index is 6.24. The number of hydrogen-bond donors (Lipinski definition) is 0. The van der Waals surface area contributed by atoms with E-state index in [-0.39, 0.29) is 5.60 Å². The van der Waals surface area contributed by atoms with Gasteiger partial charge in [-0.05, 0) is 25.8 Å². The van der Waals surface area contributed by atoms with Gasteiger partial charge in [-0.25, -0.2) is 4.98 Å². The summed E-state index contributed by atoms with van der Waals surface area (Å²) < 4.78 is 15.1. The number of furan rings is 1. The Morgan fingerprint density at radius 1 is 1.25 bits per heavy atom. The number of ether oxygens (including phenoxy) is 1. The lowest BCUT2D eigenvalue weighted by molar-refractivity contribution is -0.0441. The van der Waals surface area contributed by atoms with Crippen LogP contribution in [-0.4, -0.2) is 20.9 Å². The zero-order valence-corrected chi connectivity index (χ0v) is 18.3. The van der Waals surface area contributed by atoms with Crippen LogP contribution in [0.2, 0.25) is 0 Å². The summed E-state index contributed by atoms with van der Waals surface area (Å²) in [5, 5.41) is 0.961. The molecule has 0 radical (unpaired) electrons. The largest absolute Gasteiger partial charge is 0.456 e. The zero-order valence-electron chi connectivity index (χ0n) is 16.7. The topological polar surface area (TPSA) is 40.2 Å². The SMILES string of the molecule is CCCCSc1nc2c3c(oc2c(=S)n1Cc1ccccc1)CC(C)(C)OC3. The number of unbranched alkanes of at least 4 members (excludes halogenated alkanes) is 1. The van der Waals surface area contributed by atoms with E-state index >= 15 is 0 Å². The van der Waals surface area contributed by atoms with Crippen LogP contribution in [0.5, 0.6) is 0 Å². The molecule has 1 aliphatic rings. The lowest BCUT2D eigenvalue weighted by Gasteiger charge is -2.28. The molecule has 4 rings (SSSR count). The van der Waals surface area contributed by atoms with Crippen molar-refractivity contribution in [2.75, 3.05) is 5.75 Å². The van der Waals surface area contributed by atoms with Crippen molar-refractivity contribution in [1.82, 2.24) is 9.55 Å². The molecule has 0 aliphatic carbocycles. The first-order chi connectivity index (χ1) is 13.5. The number of aromatic nitrogens is 2. The number of rotatable bonds is 6. The van der Waals surface area contributed by atoms with Gasteiger partial charge in [-0.1, -0.05) is 67.7 Å². The molecule has 3 aromatic rings. The molecule has 6 heteroatoms. The second kappa shape index (κ2) is 8.01. The van der Waals surface area contributed by atoms with E-state index in [0.717, 1.165) is 50.8 Å². The molecule has 148 valence electrons. The van der Waals surface area contributed by atoms with Crippen molar-refractivity contribution >= 4 is 35.1 Å². The van der Waals surface area contributed by atoms with Crippen LogP contribution < -0.4 is 0 Å². The van der Waals surface area contributed by atoms with E-state index in [0.29, 0.717) is 13.2 Å². The van der Waals surface area contributed by atoms with Crippen molar-refractivity contribution in [2.45, 2.75) is 63.9 Å². The quantitative estimate of drug-likeness (QED) is 0.209. The Labute approximate surface area is 175 Å². The van der Waals surface area contributed by atoms with Crippen molar-refractivity contribution in [3.63, 3.8) is 0 Å². The molecule has 0 spiro atoms. The van der Waals surface area contributed by atoms with Gasteiger partial charge < -0.3 is 13.7 Å². The highest BCUT2D eigenvalue weighted by molar-refractivity contribution is 7.99. The highest BCUT2D eigenvalue weighted by atomic mass is 32.2. The minimum atomic E-state index is -0.221. The predicted molar refractivity (Wildman–Crippen MR) is 117 cm³/mol. The van der Waals surface area contributed by atoms with E-state index in [1.54, 1.807) is 11.8 Å². The molecule has 0 fully saturated rings. The van der Waals surface area contributed by atoms with Crippen LogP contribution in [0.1, 0.15) is 50.5 Å². The minimum Gasteiger partial charge on any atom is -0.456 e. The maximum Gasteiger partial charge on any atom is 0.188 e. The number of fused-ring (bicyclic) bond motifs is 3. The second-order valence-electron chi connectivity index (χ2n) is 7.88. The van der Waals surface area contributed by atoms with Gasteiger partial charge in [-0.2, -0.15) is 0 Å². The first kappa shape index (κ1) is 19.7. The average molecular weight is 415 g/mol. The number of benzene rings is 1. The summed E-state index contributed by atoms with van der Waals surface area (Å²) in [4.78, 5) is 5.01. The summed E-state index contributed by atoms with van der Waals surface area (Å²) in [7, 11) is 0. The van der Waals surface area contributed by atoms with Gasteiger partial charge in [0.2, 0.25) is 0 Å². The smallest absolute Gasteiger partial charge is 0.188 e. The molecule has 4 nitrogen and oxygen atoms in total. The van der Waals surface area contributed by atoms with E-state index in [1.165, 1.54) is 12.0 Å². The predicted octanol–water partition coefficient (Wildman–Crippen LogP) is 6.15. The summed E-state index contributed by atoms with van der Waals surface area (Å²) in [5.74, 6) is 1.99. The van der Waals surface area contributed by atoms with Crippen molar-refractivity contribution < 1.29 is 9.15 Å².